The maximum atomic E-state index is 12.4. The number of hydrogen-bond donors (Lipinski definition) is 2. The van der Waals surface area contributed by atoms with Crippen molar-refractivity contribution in [1.29, 1.82) is 0 Å². The maximum absolute atomic E-state index is 12.4. The van der Waals surface area contributed by atoms with E-state index in [2.05, 4.69) is 15.6 Å². The zero-order valence-electron chi connectivity index (χ0n) is 13.3. The highest BCUT2D eigenvalue weighted by Gasteiger charge is 2.39. The molecule has 130 valence electrons. The molecule has 4 amide bonds. The Bertz CT molecular complexity index is 838. The van der Waals surface area contributed by atoms with Crippen molar-refractivity contribution < 1.29 is 14.4 Å². The normalized spacial score (nSPS) is 16.9. The quantitative estimate of drug-likeness (QED) is 0.782. The van der Waals surface area contributed by atoms with E-state index < -0.39 is 18.0 Å². The van der Waals surface area contributed by atoms with Crippen LogP contribution in [0, 0.1) is 6.92 Å². The van der Waals surface area contributed by atoms with Crippen LogP contribution in [0.5, 0.6) is 0 Å². The summed E-state index contributed by atoms with van der Waals surface area (Å²) in [5.41, 5.74) is 1.47. The first-order valence-electron chi connectivity index (χ1n) is 7.51. The van der Waals surface area contributed by atoms with Gasteiger partial charge in [0.15, 0.2) is 5.13 Å². The molecule has 9 heteroatoms. The van der Waals surface area contributed by atoms with Gasteiger partial charge in [-0.05, 0) is 18.6 Å². The van der Waals surface area contributed by atoms with E-state index in [1.807, 2.05) is 12.3 Å². The molecular formula is C16H15ClN4O3S. The third kappa shape index (κ3) is 3.97. The van der Waals surface area contributed by atoms with E-state index in [4.69, 9.17) is 11.6 Å². The fourth-order valence-electron chi connectivity index (χ4n) is 2.43. The number of benzene rings is 1. The van der Waals surface area contributed by atoms with Crippen molar-refractivity contribution in [3.05, 3.63) is 45.9 Å². The number of urea groups is 1. The van der Waals surface area contributed by atoms with Gasteiger partial charge < -0.3 is 10.6 Å². The van der Waals surface area contributed by atoms with Gasteiger partial charge in [0.2, 0.25) is 5.91 Å². The Labute approximate surface area is 153 Å². The van der Waals surface area contributed by atoms with Gasteiger partial charge in [-0.3, -0.25) is 14.5 Å². The molecule has 1 atom stereocenters. The van der Waals surface area contributed by atoms with Crippen LogP contribution in [0.3, 0.4) is 0 Å². The SMILES string of the molecule is Cc1csc(NC(=O)C[C@@H]2NC(=O)N(Cc3ccccc3Cl)C2=O)n1. The summed E-state index contributed by atoms with van der Waals surface area (Å²) in [7, 11) is 0. The number of rotatable bonds is 5. The fraction of sp³-hybridized carbons (Fsp3) is 0.250. The molecule has 3 rings (SSSR count). The molecule has 2 aromatic rings. The highest BCUT2D eigenvalue weighted by Crippen LogP contribution is 2.21. The monoisotopic (exact) mass is 378 g/mol. The number of thiazole rings is 1. The van der Waals surface area contributed by atoms with E-state index in [0.29, 0.717) is 15.7 Å². The minimum Gasteiger partial charge on any atom is -0.325 e. The largest absolute Gasteiger partial charge is 0.325 e. The zero-order chi connectivity index (χ0) is 18.0. The van der Waals surface area contributed by atoms with Gasteiger partial charge in [-0.1, -0.05) is 29.8 Å². The predicted octanol–water partition coefficient (Wildman–Crippen LogP) is 2.55. The van der Waals surface area contributed by atoms with Crippen LogP contribution in [0.25, 0.3) is 0 Å². The first-order chi connectivity index (χ1) is 11.9. The number of nitrogens with one attached hydrogen (secondary N) is 2. The highest BCUT2D eigenvalue weighted by atomic mass is 35.5. The van der Waals surface area contributed by atoms with Gasteiger partial charge in [0.1, 0.15) is 6.04 Å². The Hall–Kier alpha value is -2.45. The highest BCUT2D eigenvalue weighted by molar-refractivity contribution is 7.13. The van der Waals surface area contributed by atoms with Gasteiger partial charge >= 0.3 is 6.03 Å². The Balaban J connectivity index is 1.62. The third-order valence-corrected chi connectivity index (χ3v) is 4.89. The lowest BCUT2D eigenvalue weighted by Gasteiger charge is -2.14. The average Bonchev–Trinajstić information content (AvgIpc) is 3.07. The van der Waals surface area contributed by atoms with Gasteiger partial charge in [-0.25, -0.2) is 9.78 Å². The number of nitrogens with zero attached hydrogens (tertiary/aromatic N) is 2. The molecule has 2 heterocycles. The molecule has 1 fully saturated rings. The third-order valence-electron chi connectivity index (χ3n) is 3.65. The molecule has 1 saturated heterocycles. The molecule has 0 bridgehead atoms. The summed E-state index contributed by atoms with van der Waals surface area (Å²) in [6, 6.07) is 5.55. The summed E-state index contributed by atoms with van der Waals surface area (Å²) in [6.45, 7) is 1.88. The molecule has 1 aromatic carbocycles. The number of aryl methyl sites for hydroxylation is 1. The number of imide groups is 1. The first kappa shape index (κ1) is 17.4. The van der Waals surface area contributed by atoms with Crippen LogP contribution in [0.4, 0.5) is 9.93 Å². The van der Waals surface area contributed by atoms with Crippen LogP contribution in [-0.2, 0) is 16.1 Å². The minimum atomic E-state index is -0.893. The number of halogens is 1. The first-order valence-corrected chi connectivity index (χ1v) is 8.77. The Morgan fingerprint density at radius 1 is 1.40 bits per heavy atom. The summed E-state index contributed by atoms with van der Waals surface area (Å²) in [5, 5.41) is 7.91. The van der Waals surface area contributed by atoms with E-state index in [1.54, 1.807) is 24.3 Å². The van der Waals surface area contributed by atoms with Crippen LogP contribution >= 0.6 is 22.9 Å². The lowest BCUT2D eigenvalue weighted by atomic mass is 10.1. The molecule has 0 aliphatic carbocycles. The topological polar surface area (TPSA) is 91.4 Å². The van der Waals surface area contributed by atoms with E-state index in [1.165, 1.54) is 11.3 Å². The van der Waals surface area contributed by atoms with Crippen molar-refractivity contribution in [3.8, 4) is 0 Å². The molecule has 0 unspecified atom stereocenters. The molecule has 0 saturated carbocycles. The predicted molar refractivity (Wildman–Crippen MR) is 94.4 cm³/mol. The van der Waals surface area contributed by atoms with Gasteiger partial charge in [0.25, 0.3) is 5.91 Å². The van der Waals surface area contributed by atoms with Crippen LogP contribution < -0.4 is 10.6 Å². The van der Waals surface area contributed by atoms with Crippen LogP contribution in [0.1, 0.15) is 17.7 Å². The molecular weight excluding hydrogens is 364 g/mol. The van der Waals surface area contributed by atoms with Crippen molar-refractivity contribution in [2.24, 2.45) is 0 Å². The van der Waals surface area contributed by atoms with E-state index in [-0.39, 0.29) is 18.9 Å². The summed E-state index contributed by atoms with van der Waals surface area (Å²) < 4.78 is 0. The summed E-state index contributed by atoms with van der Waals surface area (Å²) in [6.07, 6.45) is -0.151. The smallest absolute Gasteiger partial charge is 0.325 e. The zero-order valence-corrected chi connectivity index (χ0v) is 14.9. The van der Waals surface area contributed by atoms with Crippen LogP contribution in [0.15, 0.2) is 29.6 Å². The molecule has 1 aromatic heterocycles. The molecule has 2 N–H and O–H groups in total. The Morgan fingerprint density at radius 3 is 2.84 bits per heavy atom. The van der Waals surface area contributed by atoms with Crippen LogP contribution in [0.2, 0.25) is 5.02 Å². The molecule has 25 heavy (non-hydrogen) atoms. The lowest BCUT2D eigenvalue weighted by molar-refractivity contribution is -0.130. The van der Waals surface area contributed by atoms with Gasteiger partial charge in [-0.15, -0.1) is 11.3 Å². The Kier molecular flexibility index (Phi) is 5.00. The average molecular weight is 379 g/mol. The van der Waals surface area contributed by atoms with Crippen molar-refractivity contribution >= 4 is 45.9 Å². The fourth-order valence-corrected chi connectivity index (χ4v) is 3.33. The van der Waals surface area contributed by atoms with Gasteiger partial charge in [0, 0.05) is 10.4 Å². The van der Waals surface area contributed by atoms with Gasteiger partial charge in [-0.2, -0.15) is 0 Å². The standard InChI is InChI=1S/C16H15ClN4O3S/c1-9-8-25-15(18-9)20-13(22)6-12-14(23)21(16(24)19-12)7-10-4-2-3-5-11(10)17/h2-5,8,12H,6-7H2,1H3,(H,19,24)(H,18,20,22)/t12-/m0/s1. The maximum Gasteiger partial charge on any atom is 0.325 e. The number of anilines is 1. The van der Waals surface area contributed by atoms with Crippen molar-refractivity contribution in [1.82, 2.24) is 15.2 Å². The van der Waals surface area contributed by atoms with Crippen LogP contribution in [-0.4, -0.2) is 33.8 Å². The number of hydrogen-bond acceptors (Lipinski definition) is 5. The molecule has 1 aliphatic heterocycles. The van der Waals surface area contributed by atoms with E-state index >= 15 is 0 Å². The molecule has 0 spiro atoms. The lowest BCUT2D eigenvalue weighted by Crippen LogP contribution is -2.34. The second kappa shape index (κ2) is 7.20. The molecule has 7 nitrogen and oxygen atoms in total. The Morgan fingerprint density at radius 2 is 2.16 bits per heavy atom. The molecule has 0 radical (unpaired) electrons. The number of carbonyl (C=O) groups excluding carboxylic acids is 3. The van der Waals surface area contributed by atoms with E-state index in [0.717, 1.165) is 10.6 Å². The number of carbonyl (C=O) groups is 3. The van der Waals surface area contributed by atoms with E-state index in [9.17, 15) is 14.4 Å². The minimum absolute atomic E-state index is 0.0636. The van der Waals surface area contributed by atoms with Gasteiger partial charge in [0.05, 0.1) is 18.7 Å². The summed E-state index contributed by atoms with van der Waals surface area (Å²) in [4.78, 5) is 41.7. The second-order valence-corrected chi connectivity index (χ2v) is 6.83. The number of amides is 4. The van der Waals surface area contributed by atoms with Crippen molar-refractivity contribution in [2.75, 3.05) is 5.32 Å². The second-order valence-electron chi connectivity index (χ2n) is 5.56. The summed E-state index contributed by atoms with van der Waals surface area (Å²) >= 11 is 7.37. The van der Waals surface area contributed by atoms with Crippen molar-refractivity contribution in [2.45, 2.75) is 25.9 Å². The number of aromatic nitrogens is 1. The summed E-state index contributed by atoms with van der Waals surface area (Å²) in [5.74, 6) is -0.831. The molecule has 1 aliphatic rings. The van der Waals surface area contributed by atoms with Crippen molar-refractivity contribution in [3.63, 3.8) is 0 Å².